The Labute approximate surface area is 93.7 Å². The molecule has 3 nitrogen and oxygen atoms in total. The Morgan fingerprint density at radius 2 is 2.00 bits per heavy atom. The molecule has 0 aliphatic carbocycles. The molecular formula is C10H8ClNO2S. The minimum Gasteiger partial charge on any atom is -0.207 e. The number of sulfonamides is 1. The van der Waals surface area contributed by atoms with Crippen molar-refractivity contribution in [1.29, 1.82) is 0 Å². The zero-order valence-corrected chi connectivity index (χ0v) is 9.29. The van der Waals surface area contributed by atoms with Gasteiger partial charge in [-0.2, -0.15) is 4.31 Å². The van der Waals surface area contributed by atoms with Crippen molar-refractivity contribution in [3.8, 4) is 12.3 Å². The zero-order valence-electron chi connectivity index (χ0n) is 7.72. The third-order valence-corrected chi connectivity index (χ3v) is 4.32. The van der Waals surface area contributed by atoms with Gasteiger partial charge in [-0.15, -0.1) is 6.42 Å². The summed E-state index contributed by atoms with van der Waals surface area (Å²) in [4.78, 5) is 0.227. The van der Waals surface area contributed by atoms with Crippen molar-refractivity contribution in [3.05, 3.63) is 29.3 Å². The average Bonchev–Trinajstić information content (AvgIpc) is 2.98. The first-order valence-electron chi connectivity index (χ1n) is 4.29. The third kappa shape index (κ3) is 1.86. The van der Waals surface area contributed by atoms with E-state index in [4.69, 9.17) is 18.0 Å². The van der Waals surface area contributed by atoms with Crippen LogP contribution in [-0.2, 0) is 10.0 Å². The van der Waals surface area contributed by atoms with Gasteiger partial charge >= 0.3 is 0 Å². The van der Waals surface area contributed by atoms with E-state index in [1.807, 2.05) is 0 Å². The van der Waals surface area contributed by atoms with Gasteiger partial charge in [0.05, 0.1) is 10.9 Å². The highest BCUT2D eigenvalue weighted by atomic mass is 35.5. The molecule has 5 heteroatoms. The number of benzene rings is 1. The van der Waals surface area contributed by atoms with Crippen LogP contribution in [0, 0.1) is 12.3 Å². The van der Waals surface area contributed by atoms with Gasteiger partial charge in [0.25, 0.3) is 0 Å². The Bertz CT molecular complexity index is 515. The van der Waals surface area contributed by atoms with Crippen LogP contribution in [0.2, 0.25) is 5.02 Å². The predicted molar refractivity (Wildman–Crippen MR) is 58.0 cm³/mol. The summed E-state index contributed by atoms with van der Waals surface area (Å²) >= 11 is 5.67. The summed E-state index contributed by atoms with van der Waals surface area (Å²) in [6.07, 6.45) is 5.15. The fraction of sp³-hybridized carbons (Fsp3) is 0.200. The lowest BCUT2D eigenvalue weighted by Gasteiger charge is -2.04. The molecule has 2 rings (SSSR count). The maximum atomic E-state index is 11.9. The Morgan fingerprint density at radius 1 is 1.40 bits per heavy atom. The minimum absolute atomic E-state index is 0.227. The Hall–Kier alpha value is -1.02. The van der Waals surface area contributed by atoms with Crippen LogP contribution in [0.4, 0.5) is 0 Å². The van der Waals surface area contributed by atoms with Crippen molar-refractivity contribution in [2.45, 2.75) is 10.9 Å². The number of nitrogens with zero attached hydrogens (tertiary/aromatic N) is 1. The van der Waals surface area contributed by atoms with Gasteiger partial charge in [0, 0.05) is 11.6 Å². The molecule has 78 valence electrons. The predicted octanol–water partition coefficient (Wildman–Crippen LogP) is 1.35. The maximum Gasteiger partial charge on any atom is 0.244 e. The lowest BCUT2D eigenvalue weighted by atomic mass is 10.4. The van der Waals surface area contributed by atoms with E-state index in [0.29, 0.717) is 11.6 Å². The quantitative estimate of drug-likeness (QED) is 0.579. The van der Waals surface area contributed by atoms with Crippen molar-refractivity contribution in [2.75, 3.05) is 6.54 Å². The largest absolute Gasteiger partial charge is 0.244 e. The number of halogens is 1. The summed E-state index contributed by atoms with van der Waals surface area (Å²) in [6.45, 7) is 0.404. The average molecular weight is 242 g/mol. The van der Waals surface area contributed by atoms with E-state index in [-0.39, 0.29) is 10.9 Å². The van der Waals surface area contributed by atoms with Crippen LogP contribution in [0.1, 0.15) is 0 Å². The van der Waals surface area contributed by atoms with Gasteiger partial charge in [0.1, 0.15) is 0 Å². The molecular weight excluding hydrogens is 234 g/mol. The van der Waals surface area contributed by atoms with Crippen molar-refractivity contribution in [3.63, 3.8) is 0 Å². The maximum absolute atomic E-state index is 11.9. The summed E-state index contributed by atoms with van der Waals surface area (Å²) in [5, 5.41) is 0.508. The molecule has 0 amide bonds. The number of hydrogen-bond acceptors (Lipinski definition) is 2. The standard InChI is InChI=1S/C10H8ClNO2S/c1-2-9-7-12(9)15(13,14)10-5-3-8(11)4-6-10/h1,3-6,9H,7H2. The molecule has 1 saturated heterocycles. The highest BCUT2D eigenvalue weighted by Crippen LogP contribution is 2.28. The molecule has 1 aliphatic heterocycles. The van der Waals surface area contributed by atoms with E-state index in [2.05, 4.69) is 5.92 Å². The number of rotatable bonds is 2. The summed E-state index contributed by atoms with van der Waals surface area (Å²) in [5.74, 6) is 2.40. The Balaban J connectivity index is 2.32. The van der Waals surface area contributed by atoms with E-state index in [0.717, 1.165) is 0 Å². The number of terminal acetylenes is 1. The topological polar surface area (TPSA) is 37.1 Å². The lowest BCUT2D eigenvalue weighted by molar-refractivity contribution is 0.559. The second-order valence-electron chi connectivity index (χ2n) is 3.21. The van der Waals surface area contributed by atoms with Crippen molar-refractivity contribution >= 4 is 21.6 Å². The Morgan fingerprint density at radius 3 is 2.47 bits per heavy atom. The molecule has 1 heterocycles. The van der Waals surface area contributed by atoms with E-state index in [9.17, 15) is 8.42 Å². The molecule has 0 saturated carbocycles. The van der Waals surface area contributed by atoms with E-state index < -0.39 is 10.0 Å². The van der Waals surface area contributed by atoms with Crippen LogP contribution < -0.4 is 0 Å². The molecule has 0 spiro atoms. The molecule has 1 fully saturated rings. The highest BCUT2D eigenvalue weighted by Gasteiger charge is 2.43. The molecule has 1 aliphatic rings. The van der Waals surface area contributed by atoms with Crippen LogP contribution in [0.25, 0.3) is 0 Å². The molecule has 0 bridgehead atoms. The van der Waals surface area contributed by atoms with Gasteiger partial charge in [-0.3, -0.25) is 0 Å². The fourth-order valence-electron chi connectivity index (χ4n) is 1.27. The summed E-state index contributed by atoms with van der Waals surface area (Å²) in [7, 11) is -3.41. The molecule has 2 unspecified atom stereocenters. The van der Waals surface area contributed by atoms with Crippen LogP contribution in [0.15, 0.2) is 29.2 Å². The van der Waals surface area contributed by atoms with Crippen molar-refractivity contribution in [2.24, 2.45) is 0 Å². The molecule has 1 aromatic carbocycles. The molecule has 1 aromatic rings. The second kappa shape index (κ2) is 3.53. The van der Waals surface area contributed by atoms with Crippen LogP contribution in [0.3, 0.4) is 0 Å². The summed E-state index contributed by atoms with van der Waals surface area (Å²) in [5.41, 5.74) is 0. The smallest absolute Gasteiger partial charge is 0.207 e. The second-order valence-corrected chi connectivity index (χ2v) is 5.54. The molecule has 2 atom stereocenters. The minimum atomic E-state index is -3.41. The molecule has 0 N–H and O–H groups in total. The molecule has 0 radical (unpaired) electrons. The SMILES string of the molecule is C#CC1CN1S(=O)(=O)c1ccc(Cl)cc1. The summed E-state index contributed by atoms with van der Waals surface area (Å²) in [6, 6.07) is 5.75. The monoisotopic (exact) mass is 241 g/mol. The molecule has 0 aromatic heterocycles. The number of hydrogen-bond donors (Lipinski definition) is 0. The van der Waals surface area contributed by atoms with Gasteiger partial charge < -0.3 is 0 Å². The van der Waals surface area contributed by atoms with E-state index in [1.165, 1.54) is 16.4 Å². The van der Waals surface area contributed by atoms with Crippen LogP contribution >= 0.6 is 11.6 Å². The lowest BCUT2D eigenvalue weighted by Crippen LogP contribution is -2.13. The molecule has 15 heavy (non-hydrogen) atoms. The normalized spacial score (nSPS) is 24.5. The van der Waals surface area contributed by atoms with Crippen LogP contribution in [0.5, 0.6) is 0 Å². The van der Waals surface area contributed by atoms with E-state index >= 15 is 0 Å². The summed E-state index contributed by atoms with van der Waals surface area (Å²) < 4.78 is 25.0. The zero-order chi connectivity index (χ0) is 11.1. The van der Waals surface area contributed by atoms with Gasteiger partial charge in [-0.25, -0.2) is 8.42 Å². The first kappa shape index (κ1) is 10.5. The first-order valence-corrected chi connectivity index (χ1v) is 6.11. The Kier molecular flexibility index (Phi) is 2.47. The van der Waals surface area contributed by atoms with E-state index in [1.54, 1.807) is 12.1 Å². The van der Waals surface area contributed by atoms with Gasteiger partial charge in [-0.05, 0) is 24.3 Å². The van der Waals surface area contributed by atoms with Crippen LogP contribution in [-0.4, -0.2) is 25.3 Å². The van der Waals surface area contributed by atoms with Gasteiger partial charge in [0.2, 0.25) is 10.0 Å². The van der Waals surface area contributed by atoms with Gasteiger partial charge in [0.15, 0.2) is 0 Å². The first-order chi connectivity index (χ1) is 7.05. The highest BCUT2D eigenvalue weighted by molar-refractivity contribution is 7.89. The van der Waals surface area contributed by atoms with Gasteiger partial charge in [-0.1, -0.05) is 17.5 Å². The fourth-order valence-corrected chi connectivity index (χ4v) is 2.88. The third-order valence-electron chi connectivity index (χ3n) is 2.18. The van der Waals surface area contributed by atoms with Crippen molar-refractivity contribution < 1.29 is 8.42 Å². The van der Waals surface area contributed by atoms with Crippen molar-refractivity contribution in [1.82, 2.24) is 4.31 Å².